The Hall–Kier alpha value is -0.746. The summed E-state index contributed by atoms with van der Waals surface area (Å²) in [6.45, 7) is 0. The van der Waals surface area contributed by atoms with Crippen LogP contribution in [0.1, 0.15) is 0 Å². The van der Waals surface area contributed by atoms with E-state index in [0.717, 1.165) is 0 Å². The van der Waals surface area contributed by atoms with Gasteiger partial charge in [-0.3, -0.25) is 0 Å². The van der Waals surface area contributed by atoms with Crippen molar-refractivity contribution in [2.75, 3.05) is 0 Å². The molecule has 0 spiro atoms. The molecule has 0 aliphatic carbocycles. The first-order chi connectivity index (χ1) is 3.46. The van der Waals surface area contributed by atoms with Crippen LogP contribution in [0.2, 0.25) is 0 Å². The molecule has 2 amide bonds. The number of hydrogen-bond acceptors (Lipinski definition) is 2. The number of rotatable bonds is 0. The largest absolute Gasteiger partial charge is 4.00 e. The monoisotopic (exact) mass is 166 g/mol. The van der Waals surface area contributed by atoms with Crippen molar-refractivity contribution in [2.45, 2.75) is 0 Å². The van der Waals surface area contributed by atoms with Crippen molar-refractivity contribution >= 4 is 12.2 Å². The number of carbonyl (C=O) groups is 2. The summed E-state index contributed by atoms with van der Waals surface area (Å²) in [5.74, 6) is 0. The van der Waals surface area contributed by atoms with E-state index in [1.807, 2.05) is 0 Å². The average Bonchev–Trinajstić information content (AvgIpc) is 1.25. The van der Waals surface area contributed by atoms with Gasteiger partial charge >= 0.3 is 21.7 Å². The third-order valence-corrected chi connectivity index (χ3v) is 0. The van der Waals surface area contributed by atoms with E-state index in [0.29, 0.717) is 0 Å². The third kappa shape index (κ3) is 360. The molecule has 48 valence electrons. The van der Waals surface area contributed by atoms with E-state index in [4.69, 9.17) is 31.3 Å². The molecule has 0 saturated heterocycles. The fraction of sp³-hybridized carbons (Fsp3) is 0. The van der Waals surface area contributed by atoms with E-state index in [2.05, 4.69) is 0 Å². The fourth-order valence-corrected chi connectivity index (χ4v) is 0. The van der Waals surface area contributed by atoms with Gasteiger partial charge in [-0.05, 0) is 0 Å². The number of nitrogens with zero attached hydrogens (tertiary/aromatic N) is 2. The molecule has 0 aliphatic heterocycles. The van der Waals surface area contributed by atoms with Gasteiger partial charge in [0.1, 0.15) is 0 Å². The first kappa shape index (κ1) is 15.7. The zero-order valence-electron chi connectivity index (χ0n) is 4.11. The van der Waals surface area contributed by atoms with E-state index in [9.17, 15) is 0 Å². The van der Waals surface area contributed by atoms with Crippen LogP contribution in [0.5, 0.6) is 0 Å². The minimum absolute atomic E-state index is 0. The molecule has 7 heteroatoms. The molecule has 0 heterocycles. The normalized spacial score (nSPS) is 5.33. The molecular weight excluding hydrogens is 164 g/mol. The van der Waals surface area contributed by atoms with Gasteiger partial charge in [0.05, 0.1) is 0 Å². The molecule has 0 unspecified atom stereocenters. The fourth-order valence-electron chi connectivity index (χ4n) is 0. The van der Waals surface area contributed by atoms with Crippen molar-refractivity contribution in [3.8, 4) is 0 Å². The summed E-state index contributed by atoms with van der Waals surface area (Å²) >= 11 is 0. The number of hydrogen-bond donors (Lipinski definition) is 2. The SMILES string of the molecule is [N-2]C(=O)O.[N-2]C(=O)O.[Ti+4]. The van der Waals surface area contributed by atoms with Crippen molar-refractivity contribution in [1.29, 1.82) is 0 Å². The quantitative estimate of drug-likeness (QED) is 0.521. The smallest absolute Gasteiger partial charge is 1.45 e. The molecule has 0 radical (unpaired) electrons. The maximum atomic E-state index is 8.56. The number of amides is 2. The van der Waals surface area contributed by atoms with Gasteiger partial charge in [-0.15, -0.1) is 0 Å². The van der Waals surface area contributed by atoms with Gasteiger partial charge in [-0.1, -0.05) is 0 Å². The molecule has 0 aromatic rings. The Morgan fingerprint density at radius 1 is 1.00 bits per heavy atom. The predicted octanol–water partition coefficient (Wildman–Crippen LogP) is 1.00. The van der Waals surface area contributed by atoms with E-state index >= 15 is 0 Å². The van der Waals surface area contributed by atoms with Crippen molar-refractivity contribution < 1.29 is 41.5 Å². The van der Waals surface area contributed by atoms with Crippen LogP contribution in [0.3, 0.4) is 0 Å². The van der Waals surface area contributed by atoms with E-state index in [-0.39, 0.29) is 21.7 Å². The third-order valence-electron chi connectivity index (χ3n) is 0. The van der Waals surface area contributed by atoms with Gasteiger partial charge in [0.25, 0.3) is 0 Å². The standard InChI is InChI=1S/2CHNO2.Ti/c2*2-1(3)4;/h2*(H,3,4);/q2*-2;+4. The van der Waals surface area contributed by atoms with Crippen LogP contribution in [-0.4, -0.2) is 22.4 Å². The molecule has 0 aromatic carbocycles. The van der Waals surface area contributed by atoms with E-state index < -0.39 is 12.2 Å². The Kier molecular flexibility index (Phi) is 18.0. The number of carboxylic acid groups (broad SMARTS) is 2. The maximum Gasteiger partial charge on any atom is 4.00 e. The van der Waals surface area contributed by atoms with Crippen LogP contribution in [0.4, 0.5) is 9.59 Å². The molecule has 0 saturated carbocycles. The van der Waals surface area contributed by atoms with Crippen molar-refractivity contribution in [3.63, 3.8) is 0 Å². The molecule has 0 bridgehead atoms. The van der Waals surface area contributed by atoms with Crippen LogP contribution in [0.15, 0.2) is 0 Å². The van der Waals surface area contributed by atoms with Crippen LogP contribution < -0.4 is 0 Å². The topological polar surface area (TPSA) is 119 Å². The van der Waals surface area contributed by atoms with Crippen LogP contribution in [0.25, 0.3) is 11.5 Å². The van der Waals surface area contributed by atoms with Gasteiger partial charge in [-0.25, -0.2) is 0 Å². The molecule has 9 heavy (non-hydrogen) atoms. The van der Waals surface area contributed by atoms with Crippen LogP contribution in [-0.2, 0) is 21.7 Å². The summed E-state index contributed by atoms with van der Waals surface area (Å²) in [4.78, 5) is 17.1. The van der Waals surface area contributed by atoms with Crippen molar-refractivity contribution in [1.82, 2.24) is 0 Å². The molecule has 2 N–H and O–H groups in total. The minimum atomic E-state index is -1.83. The van der Waals surface area contributed by atoms with Gasteiger partial charge < -0.3 is 31.3 Å². The van der Waals surface area contributed by atoms with Gasteiger partial charge in [0.15, 0.2) is 0 Å². The molecule has 0 rings (SSSR count). The zero-order chi connectivity index (χ0) is 7.15. The predicted molar refractivity (Wildman–Crippen MR) is 22.8 cm³/mol. The Balaban J connectivity index is -0.0000000720. The average molecular weight is 166 g/mol. The first-order valence-electron chi connectivity index (χ1n) is 1.30. The minimum Gasteiger partial charge on any atom is -1.45 e. The van der Waals surface area contributed by atoms with Gasteiger partial charge in [-0.2, -0.15) is 0 Å². The first-order valence-corrected chi connectivity index (χ1v) is 1.30. The summed E-state index contributed by atoms with van der Waals surface area (Å²) in [5.41, 5.74) is 13.9. The van der Waals surface area contributed by atoms with Crippen LogP contribution in [0, 0.1) is 0 Å². The maximum absolute atomic E-state index is 8.56. The summed E-state index contributed by atoms with van der Waals surface area (Å²) in [6.07, 6.45) is -3.67. The van der Waals surface area contributed by atoms with Crippen LogP contribution >= 0.6 is 0 Å². The van der Waals surface area contributed by atoms with Gasteiger partial charge in [0.2, 0.25) is 0 Å². The molecule has 6 nitrogen and oxygen atoms in total. The Morgan fingerprint density at radius 2 is 1.00 bits per heavy atom. The summed E-state index contributed by atoms with van der Waals surface area (Å²) in [7, 11) is 0. The summed E-state index contributed by atoms with van der Waals surface area (Å²) < 4.78 is 0. The van der Waals surface area contributed by atoms with Crippen molar-refractivity contribution in [3.05, 3.63) is 11.5 Å². The van der Waals surface area contributed by atoms with E-state index in [1.165, 1.54) is 0 Å². The zero-order valence-corrected chi connectivity index (χ0v) is 5.67. The Labute approximate surface area is 65.7 Å². The Morgan fingerprint density at radius 3 is 1.00 bits per heavy atom. The molecule has 0 atom stereocenters. The molecule has 0 aromatic heterocycles. The second kappa shape index (κ2) is 10.3. The van der Waals surface area contributed by atoms with E-state index in [1.54, 1.807) is 0 Å². The summed E-state index contributed by atoms with van der Waals surface area (Å²) in [5, 5.41) is 13.9. The van der Waals surface area contributed by atoms with Crippen molar-refractivity contribution in [2.24, 2.45) is 0 Å². The second-order valence-corrected chi connectivity index (χ2v) is 0.565. The Bertz CT molecular complexity index is 74.6. The summed E-state index contributed by atoms with van der Waals surface area (Å²) in [6, 6.07) is 0. The molecular formula is C2H2N2O4Ti. The molecule has 0 aliphatic rings. The van der Waals surface area contributed by atoms with Gasteiger partial charge in [0, 0.05) is 12.2 Å². The second-order valence-electron chi connectivity index (χ2n) is 0.565. The molecule has 0 fully saturated rings.